The summed E-state index contributed by atoms with van der Waals surface area (Å²) in [4.78, 5) is 14.4. The van der Waals surface area contributed by atoms with Gasteiger partial charge in [0.2, 0.25) is 5.91 Å². The number of carbonyl (C=O) groups is 1. The normalized spacial score (nSPS) is 22.0. The van der Waals surface area contributed by atoms with Gasteiger partial charge in [0, 0.05) is 12.6 Å². The Balaban J connectivity index is 1.46. The lowest BCUT2D eigenvalue weighted by Gasteiger charge is -2.29. The van der Waals surface area contributed by atoms with Gasteiger partial charge in [-0.2, -0.15) is 13.2 Å². The molecule has 0 saturated carbocycles. The van der Waals surface area contributed by atoms with Gasteiger partial charge in [-0.05, 0) is 61.7 Å². The van der Waals surface area contributed by atoms with Crippen molar-refractivity contribution in [3.05, 3.63) is 59.7 Å². The Morgan fingerprint density at radius 2 is 1.87 bits per heavy atom. The smallest absolute Gasteiger partial charge is 0.416 e. The molecule has 4 nitrogen and oxygen atoms in total. The highest BCUT2D eigenvalue weighted by Gasteiger charge is 2.33. The molecule has 0 spiro atoms. The first kappa shape index (κ1) is 22.0. The van der Waals surface area contributed by atoms with E-state index in [1.807, 2.05) is 23.1 Å². The third-order valence-corrected chi connectivity index (χ3v) is 6.90. The Kier molecular flexibility index (Phi) is 6.77. The summed E-state index contributed by atoms with van der Waals surface area (Å²) in [5, 5.41) is 3.41. The van der Waals surface area contributed by atoms with Gasteiger partial charge >= 0.3 is 6.18 Å². The number of ether oxygens (including phenoxy) is 1. The standard InChI is InChI=1S/C23H25F3N2O2S/c24-23(25,26)17-6-4-9-20(14-17)30-19-8-3-5-16(13-19)22-28(21(29)15-31-22)12-10-18-7-1-2-11-27-18/h3-6,8-9,13-14,18,22,27H,1-2,7,10-12,15H2. The summed E-state index contributed by atoms with van der Waals surface area (Å²) in [5.41, 5.74) is 0.164. The van der Waals surface area contributed by atoms with Crippen molar-refractivity contribution >= 4 is 17.7 Å². The first-order chi connectivity index (χ1) is 14.9. The zero-order valence-corrected chi connectivity index (χ0v) is 17.8. The van der Waals surface area contributed by atoms with Crippen molar-refractivity contribution in [2.75, 3.05) is 18.8 Å². The molecule has 0 aliphatic carbocycles. The molecule has 8 heteroatoms. The number of alkyl halides is 3. The van der Waals surface area contributed by atoms with Gasteiger partial charge in [0.25, 0.3) is 0 Å². The Morgan fingerprint density at radius 1 is 1.10 bits per heavy atom. The van der Waals surface area contributed by atoms with E-state index in [1.165, 1.54) is 25.0 Å². The molecule has 2 unspecified atom stereocenters. The number of rotatable bonds is 6. The monoisotopic (exact) mass is 450 g/mol. The van der Waals surface area contributed by atoms with E-state index in [0.29, 0.717) is 24.1 Å². The predicted molar refractivity (Wildman–Crippen MR) is 115 cm³/mol. The van der Waals surface area contributed by atoms with Gasteiger partial charge in [0.15, 0.2) is 0 Å². The summed E-state index contributed by atoms with van der Waals surface area (Å²) in [6.07, 6.45) is 0.0636. The highest BCUT2D eigenvalue weighted by molar-refractivity contribution is 8.00. The van der Waals surface area contributed by atoms with E-state index in [4.69, 9.17) is 4.74 Å². The molecule has 166 valence electrons. The van der Waals surface area contributed by atoms with Crippen molar-refractivity contribution in [2.45, 2.75) is 43.3 Å². The molecule has 1 amide bonds. The van der Waals surface area contributed by atoms with Crippen LogP contribution in [0.3, 0.4) is 0 Å². The highest BCUT2D eigenvalue weighted by Crippen LogP contribution is 2.40. The summed E-state index contributed by atoms with van der Waals surface area (Å²) in [7, 11) is 0. The van der Waals surface area contributed by atoms with Crippen LogP contribution in [-0.4, -0.2) is 35.7 Å². The van der Waals surface area contributed by atoms with Gasteiger partial charge in [0.05, 0.1) is 11.3 Å². The Labute approximate surface area is 184 Å². The van der Waals surface area contributed by atoms with Gasteiger partial charge in [0.1, 0.15) is 16.9 Å². The number of thioether (sulfide) groups is 1. The molecule has 1 N–H and O–H groups in total. The summed E-state index contributed by atoms with van der Waals surface area (Å²) in [5.74, 6) is 1.13. The second-order valence-electron chi connectivity index (χ2n) is 7.89. The van der Waals surface area contributed by atoms with E-state index in [2.05, 4.69) is 5.32 Å². The maximum Gasteiger partial charge on any atom is 0.416 e. The van der Waals surface area contributed by atoms with Gasteiger partial charge in [-0.3, -0.25) is 4.79 Å². The number of halogens is 3. The quantitative estimate of drug-likeness (QED) is 0.622. The van der Waals surface area contributed by atoms with Crippen LogP contribution in [-0.2, 0) is 11.0 Å². The maximum absolute atomic E-state index is 13.0. The zero-order chi connectivity index (χ0) is 21.8. The first-order valence-electron chi connectivity index (χ1n) is 10.5. The largest absolute Gasteiger partial charge is 0.457 e. The number of piperidine rings is 1. The third kappa shape index (κ3) is 5.54. The molecule has 2 saturated heterocycles. The van der Waals surface area contributed by atoms with Gasteiger partial charge in [-0.25, -0.2) is 0 Å². The second-order valence-corrected chi connectivity index (χ2v) is 8.95. The number of hydrogen-bond donors (Lipinski definition) is 1. The Bertz CT molecular complexity index is 916. The summed E-state index contributed by atoms with van der Waals surface area (Å²) >= 11 is 1.57. The number of nitrogens with zero attached hydrogens (tertiary/aromatic N) is 1. The van der Waals surface area contributed by atoms with E-state index in [-0.39, 0.29) is 17.0 Å². The van der Waals surface area contributed by atoms with Crippen molar-refractivity contribution < 1.29 is 22.7 Å². The fourth-order valence-corrected chi connectivity index (χ4v) is 5.25. The lowest BCUT2D eigenvalue weighted by Crippen LogP contribution is -2.38. The summed E-state index contributed by atoms with van der Waals surface area (Å²) < 4.78 is 44.6. The van der Waals surface area contributed by atoms with Crippen LogP contribution in [0.4, 0.5) is 13.2 Å². The van der Waals surface area contributed by atoms with Crippen LogP contribution in [0.2, 0.25) is 0 Å². The number of hydrogen-bond acceptors (Lipinski definition) is 4. The Hall–Kier alpha value is -2.19. The molecule has 2 aromatic rings. The Morgan fingerprint density at radius 3 is 2.61 bits per heavy atom. The SMILES string of the molecule is O=C1CSC(c2cccc(Oc3cccc(C(F)(F)F)c3)c2)N1CCC1CCCCN1. The third-order valence-electron chi connectivity index (χ3n) is 5.64. The van der Waals surface area contributed by atoms with Gasteiger partial charge in [-0.15, -0.1) is 11.8 Å². The van der Waals surface area contributed by atoms with E-state index in [1.54, 1.807) is 17.8 Å². The lowest BCUT2D eigenvalue weighted by molar-refractivity contribution is -0.137. The highest BCUT2D eigenvalue weighted by atomic mass is 32.2. The number of nitrogens with one attached hydrogen (secondary N) is 1. The van der Waals surface area contributed by atoms with Crippen LogP contribution in [0, 0.1) is 0 Å². The zero-order valence-electron chi connectivity index (χ0n) is 17.0. The fraction of sp³-hybridized carbons (Fsp3) is 0.435. The minimum atomic E-state index is -4.42. The van der Waals surface area contributed by atoms with Crippen LogP contribution < -0.4 is 10.1 Å². The minimum absolute atomic E-state index is 0.110. The second kappa shape index (κ2) is 9.53. The van der Waals surface area contributed by atoms with Crippen molar-refractivity contribution in [1.29, 1.82) is 0 Å². The fourth-order valence-electron chi connectivity index (χ4n) is 4.04. The van der Waals surface area contributed by atoms with Crippen LogP contribution >= 0.6 is 11.8 Å². The van der Waals surface area contributed by atoms with E-state index < -0.39 is 11.7 Å². The minimum Gasteiger partial charge on any atom is -0.457 e. The molecule has 0 radical (unpaired) electrons. The molecule has 31 heavy (non-hydrogen) atoms. The molecule has 2 aliphatic rings. The first-order valence-corrected chi connectivity index (χ1v) is 11.5. The number of amides is 1. The molecule has 2 heterocycles. The van der Waals surface area contributed by atoms with E-state index in [9.17, 15) is 18.0 Å². The molecule has 2 fully saturated rings. The molecule has 2 aliphatic heterocycles. The molecular formula is C23H25F3N2O2S. The van der Waals surface area contributed by atoms with E-state index in [0.717, 1.165) is 37.1 Å². The molecular weight excluding hydrogens is 425 g/mol. The number of carbonyl (C=O) groups excluding carboxylic acids is 1. The summed E-state index contributed by atoms with van der Waals surface area (Å²) in [6, 6.07) is 12.5. The van der Waals surface area contributed by atoms with Crippen molar-refractivity contribution in [3.63, 3.8) is 0 Å². The van der Waals surface area contributed by atoms with Gasteiger partial charge < -0.3 is 15.0 Å². The molecule has 4 rings (SSSR count). The molecule has 2 atom stereocenters. The molecule has 2 aromatic carbocycles. The average Bonchev–Trinajstić information content (AvgIpc) is 3.13. The predicted octanol–water partition coefficient (Wildman–Crippen LogP) is 5.60. The van der Waals surface area contributed by atoms with Crippen LogP contribution in [0.15, 0.2) is 48.5 Å². The van der Waals surface area contributed by atoms with E-state index >= 15 is 0 Å². The molecule has 0 bridgehead atoms. The van der Waals surface area contributed by atoms with Gasteiger partial charge in [-0.1, -0.05) is 24.6 Å². The average molecular weight is 451 g/mol. The number of benzene rings is 2. The summed E-state index contributed by atoms with van der Waals surface area (Å²) in [6.45, 7) is 1.72. The molecule has 0 aromatic heterocycles. The van der Waals surface area contributed by atoms with Crippen molar-refractivity contribution in [3.8, 4) is 11.5 Å². The van der Waals surface area contributed by atoms with Crippen molar-refractivity contribution in [2.24, 2.45) is 0 Å². The lowest BCUT2D eigenvalue weighted by atomic mass is 10.0. The van der Waals surface area contributed by atoms with Crippen LogP contribution in [0.1, 0.15) is 42.2 Å². The maximum atomic E-state index is 13.0. The topological polar surface area (TPSA) is 41.6 Å². The van der Waals surface area contributed by atoms with Crippen molar-refractivity contribution in [1.82, 2.24) is 10.2 Å². The van der Waals surface area contributed by atoms with Crippen LogP contribution in [0.25, 0.3) is 0 Å². The van der Waals surface area contributed by atoms with Crippen LogP contribution in [0.5, 0.6) is 11.5 Å².